The summed E-state index contributed by atoms with van der Waals surface area (Å²) in [6.45, 7) is 3.69. The predicted octanol–water partition coefficient (Wildman–Crippen LogP) is 2.85. The number of amides is 1. The molecule has 0 aromatic carbocycles. The third kappa shape index (κ3) is 3.05. The van der Waals surface area contributed by atoms with Gasteiger partial charge in [0.05, 0.1) is 10.7 Å². The van der Waals surface area contributed by atoms with E-state index in [1.165, 1.54) is 19.3 Å². The Labute approximate surface area is 113 Å². The quantitative estimate of drug-likeness (QED) is 0.917. The van der Waals surface area contributed by atoms with Crippen LogP contribution in [0, 0.1) is 6.92 Å². The highest BCUT2D eigenvalue weighted by molar-refractivity contribution is 6.31. The van der Waals surface area contributed by atoms with Gasteiger partial charge in [-0.1, -0.05) is 30.9 Å². The van der Waals surface area contributed by atoms with Gasteiger partial charge in [-0.2, -0.15) is 5.10 Å². The number of hydrogen-bond acceptors (Lipinski definition) is 2. The lowest BCUT2D eigenvalue weighted by molar-refractivity contribution is -0.125. The molecule has 1 amide bonds. The molecule has 0 bridgehead atoms. The first-order valence-corrected chi connectivity index (χ1v) is 6.97. The van der Waals surface area contributed by atoms with Crippen molar-refractivity contribution in [3.63, 3.8) is 0 Å². The lowest BCUT2D eigenvalue weighted by Gasteiger charge is -2.24. The molecule has 1 fully saturated rings. The summed E-state index contributed by atoms with van der Waals surface area (Å²) >= 11 is 5.95. The minimum Gasteiger partial charge on any atom is -0.352 e. The average Bonchev–Trinajstić information content (AvgIpc) is 2.70. The number of aryl methyl sites for hydroxylation is 1. The Hall–Kier alpha value is -1.03. The third-order valence-corrected chi connectivity index (χ3v) is 3.96. The monoisotopic (exact) mass is 269 g/mol. The molecule has 1 aromatic rings. The molecule has 100 valence electrons. The molecule has 1 aliphatic carbocycles. The van der Waals surface area contributed by atoms with Crippen molar-refractivity contribution in [2.75, 3.05) is 0 Å². The van der Waals surface area contributed by atoms with E-state index in [0.29, 0.717) is 11.1 Å². The molecule has 5 heteroatoms. The van der Waals surface area contributed by atoms with Crippen molar-refractivity contribution >= 4 is 17.5 Å². The second-order valence-corrected chi connectivity index (χ2v) is 5.47. The molecule has 4 nitrogen and oxygen atoms in total. The van der Waals surface area contributed by atoms with Crippen molar-refractivity contribution in [2.24, 2.45) is 0 Å². The smallest absolute Gasteiger partial charge is 0.244 e. The third-order valence-electron chi connectivity index (χ3n) is 3.58. The van der Waals surface area contributed by atoms with E-state index in [-0.39, 0.29) is 11.9 Å². The standard InChI is InChI=1S/C13H20ClN3O/c1-9-12(14)8-17(16-9)10(2)13(18)15-11-6-4-3-5-7-11/h8,10-11H,3-7H2,1-2H3,(H,15,18). The molecule has 0 saturated heterocycles. The van der Waals surface area contributed by atoms with Crippen molar-refractivity contribution in [2.45, 2.75) is 58.0 Å². The van der Waals surface area contributed by atoms with Gasteiger partial charge in [0.15, 0.2) is 0 Å². The van der Waals surface area contributed by atoms with E-state index < -0.39 is 0 Å². The second kappa shape index (κ2) is 5.74. The number of nitrogens with one attached hydrogen (secondary N) is 1. The minimum absolute atomic E-state index is 0.0288. The maximum atomic E-state index is 12.1. The highest BCUT2D eigenvalue weighted by Gasteiger charge is 2.21. The highest BCUT2D eigenvalue weighted by Crippen LogP contribution is 2.19. The van der Waals surface area contributed by atoms with E-state index in [9.17, 15) is 4.79 Å². The van der Waals surface area contributed by atoms with Crippen LogP contribution in [0.1, 0.15) is 50.8 Å². The topological polar surface area (TPSA) is 46.9 Å². The van der Waals surface area contributed by atoms with Gasteiger partial charge in [-0.05, 0) is 26.7 Å². The lowest BCUT2D eigenvalue weighted by Crippen LogP contribution is -2.40. The van der Waals surface area contributed by atoms with Crippen LogP contribution in [0.15, 0.2) is 6.20 Å². The van der Waals surface area contributed by atoms with Crippen LogP contribution in [0.4, 0.5) is 0 Å². The summed E-state index contributed by atoms with van der Waals surface area (Å²) in [5.41, 5.74) is 0.758. The molecule has 0 spiro atoms. The number of nitrogens with zero attached hydrogens (tertiary/aromatic N) is 2. The highest BCUT2D eigenvalue weighted by atomic mass is 35.5. The average molecular weight is 270 g/mol. The molecular weight excluding hydrogens is 250 g/mol. The fourth-order valence-corrected chi connectivity index (χ4v) is 2.48. The van der Waals surface area contributed by atoms with Gasteiger partial charge in [-0.25, -0.2) is 0 Å². The van der Waals surface area contributed by atoms with E-state index in [1.807, 2.05) is 13.8 Å². The zero-order valence-electron chi connectivity index (χ0n) is 10.9. The lowest BCUT2D eigenvalue weighted by atomic mass is 9.95. The van der Waals surface area contributed by atoms with Crippen LogP contribution in [0.5, 0.6) is 0 Å². The molecule has 2 rings (SSSR count). The van der Waals surface area contributed by atoms with E-state index in [2.05, 4.69) is 10.4 Å². The molecule has 18 heavy (non-hydrogen) atoms. The number of rotatable bonds is 3. The minimum atomic E-state index is -0.307. The van der Waals surface area contributed by atoms with Crippen LogP contribution >= 0.6 is 11.6 Å². The normalized spacial score (nSPS) is 18.6. The van der Waals surface area contributed by atoms with Gasteiger partial charge >= 0.3 is 0 Å². The molecule has 0 aliphatic heterocycles. The number of carbonyl (C=O) groups is 1. The summed E-state index contributed by atoms with van der Waals surface area (Å²) in [4.78, 5) is 12.1. The van der Waals surface area contributed by atoms with Gasteiger partial charge in [-0.15, -0.1) is 0 Å². The summed E-state index contributed by atoms with van der Waals surface area (Å²) in [5.74, 6) is 0.0288. The van der Waals surface area contributed by atoms with E-state index >= 15 is 0 Å². The van der Waals surface area contributed by atoms with E-state index in [4.69, 9.17) is 11.6 Å². The van der Waals surface area contributed by atoms with E-state index in [1.54, 1.807) is 10.9 Å². The molecule has 1 atom stereocenters. The number of halogens is 1. The molecule has 1 aromatic heterocycles. The molecule has 1 N–H and O–H groups in total. The van der Waals surface area contributed by atoms with Gasteiger partial charge in [0.2, 0.25) is 5.91 Å². The van der Waals surface area contributed by atoms with Crippen molar-refractivity contribution < 1.29 is 4.79 Å². The van der Waals surface area contributed by atoms with Crippen LogP contribution in [-0.4, -0.2) is 21.7 Å². The van der Waals surface area contributed by atoms with Crippen LogP contribution in [0.3, 0.4) is 0 Å². The van der Waals surface area contributed by atoms with Gasteiger partial charge in [0.1, 0.15) is 6.04 Å². The van der Waals surface area contributed by atoms with Crippen LogP contribution in [0.25, 0.3) is 0 Å². The molecule has 0 radical (unpaired) electrons. The SMILES string of the molecule is Cc1nn(C(C)C(=O)NC2CCCCC2)cc1Cl. The molecule has 1 unspecified atom stereocenters. The molecule has 1 saturated carbocycles. The first-order chi connectivity index (χ1) is 8.58. The summed E-state index contributed by atoms with van der Waals surface area (Å²) < 4.78 is 1.63. The number of aromatic nitrogens is 2. The predicted molar refractivity (Wildman–Crippen MR) is 71.7 cm³/mol. The maximum Gasteiger partial charge on any atom is 0.244 e. The Kier molecular flexibility index (Phi) is 4.27. The van der Waals surface area contributed by atoms with Crippen LogP contribution < -0.4 is 5.32 Å². The second-order valence-electron chi connectivity index (χ2n) is 5.06. The van der Waals surface area contributed by atoms with Crippen molar-refractivity contribution in [1.29, 1.82) is 0 Å². The fourth-order valence-electron chi connectivity index (χ4n) is 2.35. The van der Waals surface area contributed by atoms with Gasteiger partial charge in [-0.3, -0.25) is 9.48 Å². The Morgan fingerprint density at radius 1 is 1.50 bits per heavy atom. The summed E-state index contributed by atoms with van der Waals surface area (Å²) in [6.07, 6.45) is 7.62. The van der Waals surface area contributed by atoms with Crippen molar-refractivity contribution in [1.82, 2.24) is 15.1 Å². The van der Waals surface area contributed by atoms with Gasteiger partial charge in [0.25, 0.3) is 0 Å². The van der Waals surface area contributed by atoms with Gasteiger partial charge in [0, 0.05) is 12.2 Å². The first-order valence-electron chi connectivity index (χ1n) is 6.59. The fraction of sp³-hybridized carbons (Fsp3) is 0.692. The Morgan fingerprint density at radius 2 is 2.17 bits per heavy atom. The van der Waals surface area contributed by atoms with Crippen molar-refractivity contribution in [3.05, 3.63) is 16.9 Å². The number of carbonyl (C=O) groups excluding carboxylic acids is 1. The molecular formula is C13H20ClN3O. The number of hydrogen-bond donors (Lipinski definition) is 1. The summed E-state index contributed by atoms with van der Waals surface area (Å²) in [7, 11) is 0. The Balaban J connectivity index is 1.95. The first kappa shape index (κ1) is 13.4. The summed E-state index contributed by atoms with van der Waals surface area (Å²) in [6, 6.07) is 0.0268. The summed E-state index contributed by atoms with van der Waals surface area (Å²) in [5, 5.41) is 7.96. The maximum absolute atomic E-state index is 12.1. The van der Waals surface area contributed by atoms with Crippen LogP contribution in [-0.2, 0) is 4.79 Å². The zero-order chi connectivity index (χ0) is 13.1. The largest absolute Gasteiger partial charge is 0.352 e. The van der Waals surface area contributed by atoms with Crippen LogP contribution in [0.2, 0.25) is 5.02 Å². The Bertz CT molecular complexity index is 404. The van der Waals surface area contributed by atoms with E-state index in [0.717, 1.165) is 18.5 Å². The van der Waals surface area contributed by atoms with Gasteiger partial charge < -0.3 is 5.32 Å². The molecule has 1 aliphatic rings. The zero-order valence-corrected chi connectivity index (χ0v) is 11.7. The molecule has 1 heterocycles. The Morgan fingerprint density at radius 3 is 2.72 bits per heavy atom. The van der Waals surface area contributed by atoms with Crippen molar-refractivity contribution in [3.8, 4) is 0 Å².